The molecule has 2 aromatic carbocycles. The van der Waals surface area contributed by atoms with Gasteiger partial charge in [0.15, 0.2) is 6.04 Å². The van der Waals surface area contributed by atoms with Crippen molar-refractivity contribution in [1.29, 1.82) is 0 Å². The molecular weight excluding hydrogens is 334 g/mol. The Morgan fingerprint density at radius 2 is 1.92 bits per heavy atom. The number of fused-ring (bicyclic) bond motifs is 1. The van der Waals surface area contributed by atoms with Gasteiger partial charge in [-0.05, 0) is 23.8 Å². The zero-order chi connectivity index (χ0) is 18.5. The summed E-state index contributed by atoms with van der Waals surface area (Å²) in [6, 6.07) is 13.7. The number of nitrogens with one attached hydrogen (secondary N) is 1. The highest BCUT2D eigenvalue weighted by Gasteiger charge is 2.22. The van der Waals surface area contributed by atoms with Crippen molar-refractivity contribution >= 4 is 22.9 Å². The summed E-state index contributed by atoms with van der Waals surface area (Å²) in [5.74, 6) is -1.14. The summed E-state index contributed by atoms with van der Waals surface area (Å²) in [6.45, 7) is -0.0845. The van der Waals surface area contributed by atoms with Gasteiger partial charge in [0.2, 0.25) is 0 Å². The first-order valence-corrected chi connectivity index (χ1v) is 8.11. The third-order valence-electron chi connectivity index (χ3n) is 4.10. The van der Waals surface area contributed by atoms with E-state index in [1.165, 1.54) is 7.11 Å². The largest absolute Gasteiger partial charge is 0.467 e. The van der Waals surface area contributed by atoms with E-state index in [1.54, 1.807) is 18.5 Å². The Kier molecular flexibility index (Phi) is 5.28. The maximum atomic E-state index is 12.6. The molecule has 0 aliphatic heterocycles. The first-order valence-electron chi connectivity index (χ1n) is 8.11. The molecule has 0 fully saturated rings. The molecule has 26 heavy (non-hydrogen) atoms. The number of amides is 1. The van der Waals surface area contributed by atoms with Gasteiger partial charge in [-0.1, -0.05) is 30.3 Å². The number of aliphatic hydroxyl groups is 1. The first-order chi connectivity index (χ1) is 12.6. The molecule has 2 N–H and O–H groups in total. The van der Waals surface area contributed by atoms with Crippen LogP contribution in [-0.4, -0.2) is 46.3 Å². The third kappa shape index (κ3) is 3.57. The van der Waals surface area contributed by atoms with E-state index >= 15 is 0 Å². The Balaban J connectivity index is 1.86. The summed E-state index contributed by atoms with van der Waals surface area (Å²) in [4.78, 5) is 28.5. The SMILES string of the molecule is COC(=O)C(CO)NC(=O)c1ccccc1Cn1cnc2ccccc21. The molecule has 7 heteroatoms. The quantitative estimate of drug-likeness (QED) is 0.653. The molecule has 0 radical (unpaired) electrons. The van der Waals surface area contributed by atoms with Gasteiger partial charge in [0, 0.05) is 12.1 Å². The Labute approximate surface area is 150 Å². The molecule has 1 atom stereocenters. The van der Waals surface area contributed by atoms with E-state index in [0.29, 0.717) is 12.1 Å². The molecule has 0 aliphatic carbocycles. The number of carbonyl (C=O) groups excluding carboxylic acids is 2. The number of esters is 1. The normalized spacial score (nSPS) is 11.9. The highest BCUT2D eigenvalue weighted by molar-refractivity contribution is 5.98. The number of hydrogen-bond acceptors (Lipinski definition) is 5. The molecule has 3 aromatic rings. The van der Waals surface area contributed by atoms with E-state index in [4.69, 9.17) is 0 Å². The molecule has 3 rings (SSSR count). The number of ether oxygens (including phenoxy) is 1. The molecule has 7 nitrogen and oxygen atoms in total. The van der Waals surface area contributed by atoms with Gasteiger partial charge in [0.1, 0.15) is 0 Å². The number of imidazole rings is 1. The van der Waals surface area contributed by atoms with Crippen LogP contribution < -0.4 is 5.32 Å². The average molecular weight is 353 g/mol. The van der Waals surface area contributed by atoms with Crippen LogP contribution in [0.4, 0.5) is 0 Å². The topological polar surface area (TPSA) is 93.5 Å². The molecule has 1 aromatic heterocycles. The van der Waals surface area contributed by atoms with Crippen LogP contribution in [0, 0.1) is 0 Å². The number of aromatic nitrogens is 2. The van der Waals surface area contributed by atoms with E-state index < -0.39 is 24.5 Å². The average Bonchev–Trinajstić information content (AvgIpc) is 3.08. The molecule has 0 saturated carbocycles. The van der Waals surface area contributed by atoms with E-state index in [1.807, 2.05) is 41.0 Å². The molecule has 0 aliphatic rings. The number of para-hydroxylation sites is 2. The number of methoxy groups -OCH3 is 1. The molecule has 0 spiro atoms. The second-order valence-corrected chi connectivity index (χ2v) is 5.75. The Hall–Kier alpha value is -3.19. The fourth-order valence-corrected chi connectivity index (χ4v) is 2.76. The third-order valence-corrected chi connectivity index (χ3v) is 4.10. The number of nitrogens with zero attached hydrogens (tertiary/aromatic N) is 2. The molecule has 0 bridgehead atoms. The molecule has 1 heterocycles. The van der Waals surface area contributed by atoms with Gasteiger partial charge in [-0.25, -0.2) is 9.78 Å². The van der Waals surface area contributed by atoms with Crippen molar-refractivity contribution in [2.24, 2.45) is 0 Å². The number of benzene rings is 2. The predicted molar refractivity (Wildman–Crippen MR) is 95.6 cm³/mol. The standard InChI is InChI=1S/C19H19N3O4/c1-26-19(25)16(11-23)21-18(24)14-7-3-2-6-13(14)10-22-12-20-15-8-4-5-9-17(15)22/h2-9,12,16,23H,10-11H2,1H3,(H,21,24). The summed E-state index contributed by atoms with van der Waals surface area (Å²) in [7, 11) is 1.20. The van der Waals surface area contributed by atoms with Crippen LogP contribution in [0.5, 0.6) is 0 Å². The van der Waals surface area contributed by atoms with Crippen LogP contribution >= 0.6 is 0 Å². The van der Waals surface area contributed by atoms with E-state index in [2.05, 4.69) is 15.0 Å². The van der Waals surface area contributed by atoms with Crippen LogP contribution in [-0.2, 0) is 16.1 Å². The number of hydrogen-bond donors (Lipinski definition) is 2. The number of rotatable bonds is 6. The van der Waals surface area contributed by atoms with Gasteiger partial charge in [-0.2, -0.15) is 0 Å². The maximum Gasteiger partial charge on any atom is 0.330 e. The van der Waals surface area contributed by atoms with Crippen LogP contribution in [0.2, 0.25) is 0 Å². The lowest BCUT2D eigenvalue weighted by Crippen LogP contribution is -2.44. The van der Waals surface area contributed by atoms with E-state index in [-0.39, 0.29) is 0 Å². The van der Waals surface area contributed by atoms with Crippen LogP contribution in [0.15, 0.2) is 54.9 Å². The summed E-state index contributed by atoms with van der Waals surface area (Å²) < 4.78 is 6.53. The minimum absolute atomic E-state index is 0.424. The monoisotopic (exact) mass is 353 g/mol. The second-order valence-electron chi connectivity index (χ2n) is 5.75. The first kappa shape index (κ1) is 17.6. The smallest absolute Gasteiger partial charge is 0.330 e. The molecular formula is C19H19N3O4. The van der Waals surface area contributed by atoms with Crippen LogP contribution in [0.3, 0.4) is 0 Å². The molecule has 0 saturated heterocycles. The fourth-order valence-electron chi connectivity index (χ4n) is 2.76. The van der Waals surface area contributed by atoms with Gasteiger partial charge in [0.05, 0.1) is 31.1 Å². The van der Waals surface area contributed by atoms with Gasteiger partial charge in [-0.15, -0.1) is 0 Å². The number of aliphatic hydroxyl groups excluding tert-OH is 1. The van der Waals surface area contributed by atoms with Crippen LogP contribution in [0.25, 0.3) is 11.0 Å². The lowest BCUT2D eigenvalue weighted by Gasteiger charge is -2.16. The van der Waals surface area contributed by atoms with Gasteiger partial charge >= 0.3 is 5.97 Å². The van der Waals surface area contributed by atoms with Crippen molar-refractivity contribution < 1.29 is 19.4 Å². The maximum absolute atomic E-state index is 12.6. The predicted octanol–water partition coefficient (Wildman–Crippen LogP) is 1.35. The summed E-state index contributed by atoms with van der Waals surface area (Å²) in [5, 5.41) is 11.8. The molecule has 1 amide bonds. The zero-order valence-corrected chi connectivity index (χ0v) is 14.3. The van der Waals surface area contributed by atoms with Gasteiger partial charge in [-0.3, -0.25) is 4.79 Å². The highest BCUT2D eigenvalue weighted by atomic mass is 16.5. The lowest BCUT2D eigenvalue weighted by atomic mass is 10.1. The van der Waals surface area contributed by atoms with Crippen molar-refractivity contribution in [3.8, 4) is 0 Å². The summed E-state index contributed by atoms with van der Waals surface area (Å²) in [6.07, 6.45) is 1.73. The Morgan fingerprint density at radius 1 is 1.19 bits per heavy atom. The lowest BCUT2D eigenvalue weighted by molar-refractivity contribution is -0.143. The van der Waals surface area contributed by atoms with Crippen molar-refractivity contribution in [3.63, 3.8) is 0 Å². The summed E-state index contributed by atoms with van der Waals surface area (Å²) in [5.41, 5.74) is 3.04. The van der Waals surface area contributed by atoms with Crippen molar-refractivity contribution in [1.82, 2.24) is 14.9 Å². The van der Waals surface area contributed by atoms with Crippen molar-refractivity contribution in [3.05, 3.63) is 66.0 Å². The molecule has 1 unspecified atom stereocenters. The fraction of sp³-hybridized carbons (Fsp3) is 0.211. The highest BCUT2D eigenvalue weighted by Crippen LogP contribution is 2.16. The van der Waals surface area contributed by atoms with Crippen molar-refractivity contribution in [2.75, 3.05) is 13.7 Å². The minimum atomic E-state index is -1.10. The van der Waals surface area contributed by atoms with Crippen LogP contribution in [0.1, 0.15) is 15.9 Å². The summed E-state index contributed by atoms with van der Waals surface area (Å²) >= 11 is 0. The van der Waals surface area contributed by atoms with E-state index in [0.717, 1.165) is 16.6 Å². The second kappa shape index (κ2) is 7.79. The number of carbonyl (C=O) groups is 2. The van der Waals surface area contributed by atoms with Gasteiger partial charge < -0.3 is 19.7 Å². The minimum Gasteiger partial charge on any atom is -0.467 e. The Morgan fingerprint density at radius 3 is 2.69 bits per heavy atom. The Bertz CT molecular complexity index is 935. The zero-order valence-electron chi connectivity index (χ0n) is 14.3. The van der Waals surface area contributed by atoms with E-state index in [9.17, 15) is 14.7 Å². The van der Waals surface area contributed by atoms with Crippen molar-refractivity contribution in [2.45, 2.75) is 12.6 Å². The van der Waals surface area contributed by atoms with Gasteiger partial charge in [0.25, 0.3) is 5.91 Å². The molecule has 134 valence electrons.